The number of ether oxygens (including phenoxy) is 2. The summed E-state index contributed by atoms with van der Waals surface area (Å²) in [6.07, 6.45) is -0.183. The fourth-order valence-corrected chi connectivity index (χ4v) is 1.00. The van der Waals surface area contributed by atoms with E-state index in [2.05, 4.69) is 9.47 Å². The van der Waals surface area contributed by atoms with Crippen LogP contribution in [0.3, 0.4) is 0 Å². The van der Waals surface area contributed by atoms with Crippen molar-refractivity contribution < 1.29 is 19.1 Å². The van der Waals surface area contributed by atoms with Gasteiger partial charge in [0.05, 0.1) is 29.2 Å². The van der Waals surface area contributed by atoms with E-state index in [9.17, 15) is 9.59 Å². The molecule has 5 heteroatoms. The third-order valence-corrected chi connectivity index (χ3v) is 1.38. The van der Waals surface area contributed by atoms with Gasteiger partial charge in [0, 0.05) is 6.42 Å². The summed E-state index contributed by atoms with van der Waals surface area (Å²) in [5.41, 5.74) is 0. The van der Waals surface area contributed by atoms with Gasteiger partial charge in [0.15, 0.2) is 0 Å². The van der Waals surface area contributed by atoms with E-state index in [1.165, 1.54) is 22.6 Å². The molecule has 0 saturated carbocycles. The normalized spacial score (nSPS) is 24.1. The van der Waals surface area contributed by atoms with Crippen molar-refractivity contribution in [1.29, 1.82) is 0 Å². The van der Waals surface area contributed by atoms with Gasteiger partial charge in [-0.05, 0) is 0 Å². The van der Waals surface area contributed by atoms with Crippen LogP contribution in [0.5, 0.6) is 0 Å². The Balaban J connectivity index is 2.40. The third-order valence-electron chi connectivity index (χ3n) is 1.12. The number of carbonyl (C=O) groups is 2. The van der Waals surface area contributed by atoms with E-state index < -0.39 is 16.0 Å². The van der Waals surface area contributed by atoms with Crippen molar-refractivity contribution in [2.45, 2.75) is 12.5 Å². The van der Waals surface area contributed by atoms with Gasteiger partial charge in [-0.15, -0.1) is 0 Å². The average molecular weight is 256 g/mol. The fraction of sp³-hybridized carbons (Fsp3) is 0.600. The molecule has 0 amide bonds. The van der Waals surface area contributed by atoms with Crippen molar-refractivity contribution in [3.05, 3.63) is 0 Å². The van der Waals surface area contributed by atoms with Gasteiger partial charge in [0.25, 0.3) is 0 Å². The molecule has 0 aromatic heterocycles. The van der Waals surface area contributed by atoms with Gasteiger partial charge in [-0.25, -0.2) is 9.59 Å². The van der Waals surface area contributed by atoms with Gasteiger partial charge >= 0.3 is 9.95 Å². The second-order valence-corrected chi connectivity index (χ2v) is 2.68. The van der Waals surface area contributed by atoms with Crippen molar-refractivity contribution in [2.75, 3.05) is 6.61 Å². The second kappa shape index (κ2) is 3.18. The molecule has 1 rings (SSSR count). The van der Waals surface area contributed by atoms with Gasteiger partial charge in [-0.1, -0.05) is 0 Å². The van der Waals surface area contributed by atoms with Crippen LogP contribution in [-0.4, -0.2) is 22.7 Å². The molecule has 10 heavy (non-hydrogen) atoms. The molecule has 1 unspecified atom stereocenters. The molecule has 1 heterocycles. The molecule has 0 aromatic rings. The zero-order valence-corrected chi connectivity index (χ0v) is 7.16. The minimum atomic E-state index is -0.663. The van der Waals surface area contributed by atoms with Crippen LogP contribution in [0.4, 0.5) is 4.79 Å². The number of hydrogen-bond acceptors (Lipinski definition) is 4. The Morgan fingerprint density at radius 3 is 2.90 bits per heavy atom. The summed E-state index contributed by atoms with van der Waals surface area (Å²) in [5, 5.41) is 0. The van der Waals surface area contributed by atoms with Crippen LogP contribution >= 0.6 is 22.6 Å². The Morgan fingerprint density at radius 2 is 2.50 bits per heavy atom. The first-order valence-electron chi connectivity index (χ1n) is 2.73. The van der Waals surface area contributed by atoms with E-state index in [0.29, 0.717) is 13.0 Å². The lowest BCUT2D eigenvalue weighted by Gasteiger charge is -2.02. The zero-order valence-electron chi connectivity index (χ0n) is 5.00. The summed E-state index contributed by atoms with van der Waals surface area (Å²) >= 11 is 1.47. The van der Waals surface area contributed by atoms with Gasteiger partial charge in [-0.2, -0.15) is 0 Å². The molecule has 1 aliphatic rings. The van der Waals surface area contributed by atoms with E-state index in [1.54, 1.807) is 0 Å². The molecule has 0 N–H and O–H groups in total. The fourth-order valence-electron chi connectivity index (χ4n) is 0.696. The van der Waals surface area contributed by atoms with Crippen molar-refractivity contribution >= 4 is 32.5 Å². The average Bonchev–Trinajstić information content (AvgIpc) is 2.15. The van der Waals surface area contributed by atoms with Crippen LogP contribution in [0.2, 0.25) is 0 Å². The first-order valence-corrected chi connectivity index (χ1v) is 3.81. The number of esters is 1. The Hall–Kier alpha value is -0.330. The van der Waals surface area contributed by atoms with Gasteiger partial charge < -0.3 is 9.47 Å². The number of rotatable bonds is 1. The summed E-state index contributed by atoms with van der Waals surface area (Å²) in [7, 11) is 0. The van der Waals surface area contributed by atoms with E-state index in [4.69, 9.17) is 0 Å². The Morgan fingerprint density at radius 1 is 1.80 bits per heavy atom. The largest absolute Gasteiger partial charge is 0.463 e. The van der Waals surface area contributed by atoms with E-state index in [-0.39, 0.29) is 0 Å². The maximum Gasteiger partial charge on any atom is 0.367 e. The predicted molar refractivity (Wildman–Crippen MR) is 39.9 cm³/mol. The molecule has 1 fully saturated rings. The summed E-state index contributed by atoms with van der Waals surface area (Å²) in [5.74, 6) is -0.440. The van der Waals surface area contributed by atoms with Crippen LogP contribution in [0.25, 0.3) is 0 Å². The smallest absolute Gasteiger partial charge is 0.367 e. The minimum Gasteiger partial charge on any atom is -0.463 e. The van der Waals surface area contributed by atoms with Gasteiger partial charge in [0.1, 0.15) is 0 Å². The van der Waals surface area contributed by atoms with Gasteiger partial charge in [-0.3, -0.25) is 0 Å². The molecule has 56 valence electrons. The highest BCUT2D eigenvalue weighted by atomic mass is 127. The van der Waals surface area contributed by atoms with Crippen LogP contribution in [0.15, 0.2) is 0 Å². The highest BCUT2D eigenvalue weighted by Gasteiger charge is 2.29. The molecular formula is C5H5IO4. The first kappa shape index (κ1) is 7.77. The monoisotopic (exact) mass is 256 g/mol. The molecule has 1 saturated heterocycles. The minimum absolute atomic E-state index is 0.355. The van der Waals surface area contributed by atoms with Crippen LogP contribution in [-0.2, 0) is 14.3 Å². The lowest BCUT2D eigenvalue weighted by Crippen LogP contribution is -2.19. The third kappa shape index (κ3) is 1.83. The zero-order chi connectivity index (χ0) is 7.56. The van der Waals surface area contributed by atoms with Crippen LogP contribution in [0.1, 0.15) is 6.42 Å². The summed E-state index contributed by atoms with van der Waals surface area (Å²) in [4.78, 5) is 20.9. The molecule has 1 aliphatic heterocycles. The second-order valence-electron chi connectivity index (χ2n) is 1.80. The molecule has 4 nitrogen and oxygen atoms in total. The highest BCUT2D eigenvalue weighted by molar-refractivity contribution is 14.1. The van der Waals surface area contributed by atoms with Crippen molar-refractivity contribution in [1.82, 2.24) is 0 Å². The molecule has 0 aromatic carbocycles. The number of carbonyl (C=O) groups excluding carboxylic acids is 2. The summed E-state index contributed by atoms with van der Waals surface area (Å²) in [6.45, 7) is 0.355. The lowest BCUT2D eigenvalue weighted by atomic mass is 10.3. The first-order chi connectivity index (χ1) is 4.70. The molecule has 0 aliphatic carbocycles. The van der Waals surface area contributed by atoms with Crippen molar-refractivity contribution in [3.8, 4) is 0 Å². The van der Waals surface area contributed by atoms with E-state index in [1.807, 2.05) is 0 Å². The Kier molecular flexibility index (Phi) is 2.47. The molecular weight excluding hydrogens is 251 g/mol. The van der Waals surface area contributed by atoms with Crippen LogP contribution < -0.4 is 0 Å². The molecule has 0 spiro atoms. The molecule has 1 atom stereocenters. The maximum atomic E-state index is 10.6. The topological polar surface area (TPSA) is 52.6 Å². The highest BCUT2D eigenvalue weighted by Crippen LogP contribution is 2.11. The predicted octanol–water partition coefficient (Wildman–Crippen LogP) is 0.873. The summed E-state index contributed by atoms with van der Waals surface area (Å²) in [6, 6.07) is 0. The molecule has 0 radical (unpaired) electrons. The quantitative estimate of drug-likeness (QED) is 0.397. The number of cyclic esters (lactones) is 1. The van der Waals surface area contributed by atoms with Crippen molar-refractivity contribution in [3.63, 3.8) is 0 Å². The van der Waals surface area contributed by atoms with E-state index in [0.717, 1.165) is 0 Å². The number of halogens is 1. The summed E-state index contributed by atoms with van der Waals surface area (Å²) < 4.78 is 8.67. The number of hydrogen-bond donors (Lipinski definition) is 0. The van der Waals surface area contributed by atoms with Crippen LogP contribution in [0, 0.1) is 0 Å². The van der Waals surface area contributed by atoms with Gasteiger partial charge in [0.2, 0.25) is 6.10 Å². The standard InChI is InChI=1S/C5H5IO4/c6-5(8)10-3-1-2-9-4(3)7/h3H,1-2H2. The molecule has 0 bridgehead atoms. The van der Waals surface area contributed by atoms with E-state index >= 15 is 0 Å². The van der Waals surface area contributed by atoms with Crippen molar-refractivity contribution in [2.24, 2.45) is 0 Å². The Labute approximate surface area is 71.0 Å². The lowest BCUT2D eigenvalue weighted by molar-refractivity contribution is -0.144. The Bertz CT molecular complexity index is 167. The SMILES string of the molecule is O=C(I)OC1CCOC1=O. The maximum absolute atomic E-state index is 10.6.